The van der Waals surface area contributed by atoms with E-state index in [1.165, 1.54) is 12.1 Å². The van der Waals surface area contributed by atoms with Crippen LogP contribution in [0.15, 0.2) is 72.9 Å². The van der Waals surface area contributed by atoms with E-state index in [1.807, 2.05) is 24.3 Å². The Bertz CT molecular complexity index is 1090. The van der Waals surface area contributed by atoms with Gasteiger partial charge in [0.25, 0.3) is 5.91 Å². The number of hydrogen-bond acceptors (Lipinski definition) is 4. The lowest BCUT2D eigenvalue weighted by Crippen LogP contribution is -2.15. The van der Waals surface area contributed by atoms with Crippen LogP contribution >= 0.6 is 0 Å². The number of amides is 1. The molecule has 6 nitrogen and oxygen atoms in total. The van der Waals surface area contributed by atoms with Crippen molar-refractivity contribution >= 4 is 22.6 Å². The van der Waals surface area contributed by atoms with Crippen LogP contribution in [0.4, 0.5) is 10.2 Å². The number of halogens is 1. The van der Waals surface area contributed by atoms with Crippen molar-refractivity contribution < 1.29 is 13.9 Å². The van der Waals surface area contributed by atoms with E-state index in [2.05, 4.69) is 15.4 Å². The van der Waals surface area contributed by atoms with Crippen molar-refractivity contribution in [2.24, 2.45) is 0 Å². The maximum atomic E-state index is 13.0. The Morgan fingerprint density at radius 3 is 2.61 bits per heavy atom. The van der Waals surface area contributed by atoms with Gasteiger partial charge in [-0.3, -0.25) is 9.48 Å². The van der Waals surface area contributed by atoms with Crippen LogP contribution in [0.3, 0.4) is 0 Å². The molecule has 0 aliphatic heterocycles. The minimum Gasteiger partial charge on any atom is -0.492 e. The van der Waals surface area contributed by atoms with Crippen molar-refractivity contribution in [1.82, 2.24) is 14.8 Å². The molecule has 1 N–H and O–H groups in total. The van der Waals surface area contributed by atoms with Gasteiger partial charge in [-0.15, -0.1) is 0 Å². The summed E-state index contributed by atoms with van der Waals surface area (Å²) in [6.07, 6.45) is 1.61. The lowest BCUT2D eigenvalue weighted by molar-refractivity contribution is 0.102. The van der Waals surface area contributed by atoms with Gasteiger partial charge in [0.2, 0.25) is 0 Å². The molecule has 2 aromatic carbocycles. The molecule has 28 heavy (non-hydrogen) atoms. The molecular formula is C21H17FN4O2. The van der Waals surface area contributed by atoms with Crippen LogP contribution in [0.1, 0.15) is 10.5 Å². The Morgan fingerprint density at radius 1 is 1.04 bits per heavy atom. The average molecular weight is 376 g/mol. The van der Waals surface area contributed by atoms with E-state index >= 15 is 0 Å². The molecule has 0 saturated heterocycles. The lowest BCUT2D eigenvalue weighted by Gasteiger charge is -2.07. The Labute approximate surface area is 160 Å². The first kappa shape index (κ1) is 17.7. The molecule has 4 aromatic rings. The second kappa shape index (κ2) is 7.87. The molecule has 0 saturated carbocycles. The molecule has 0 bridgehead atoms. The summed E-state index contributed by atoms with van der Waals surface area (Å²) in [6, 6.07) is 18.6. The van der Waals surface area contributed by atoms with Crippen molar-refractivity contribution in [3.05, 3.63) is 84.4 Å². The topological polar surface area (TPSA) is 69.0 Å². The molecular weight excluding hydrogens is 359 g/mol. The van der Waals surface area contributed by atoms with E-state index in [-0.39, 0.29) is 11.7 Å². The Hall–Kier alpha value is -3.74. The zero-order valence-corrected chi connectivity index (χ0v) is 14.9. The van der Waals surface area contributed by atoms with Crippen LogP contribution in [-0.2, 0) is 6.54 Å². The van der Waals surface area contributed by atoms with Gasteiger partial charge in [0.15, 0.2) is 5.69 Å². The second-order valence-electron chi connectivity index (χ2n) is 6.06. The number of rotatable bonds is 6. The maximum absolute atomic E-state index is 13.0. The van der Waals surface area contributed by atoms with Gasteiger partial charge in [-0.2, -0.15) is 5.10 Å². The summed E-state index contributed by atoms with van der Waals surface area (Å²) < 4.78 is 20.3. The third kappa shape index (κ3) is 3.83. The Balaban J connectivity index is 1.52. The van der Waals surface area contributed by atoms with Crippen LogP contribution in [0.25, 0.3) is 10.9 Å². The van der Waals surface area contributed by atoms with Gasteiger partial charge < -0.3 is 10.1 Å². The highest BCUT2D eigenvalue weighted by molar-refractivity contribution is 6.10. The highest BCUT2D eigenvalue weighted by Gasteiger charge is 2.17. The van der Waals surface area contributed by atoms with Gasteiger partial charge in [-0.05, 0) is 42.5 Å². The zero-order valence-electron chi connectivity index (χ0n) is 14.9. The van der Waals surface area contributed by atoms with Crippen molar-refractivity contribution in [1.29, 1.82) is 0 Å². The summed E-state index contributed by atoms with van der Waals surface area (Å²) in [6.45, 7) is 0.771. The second-order valence-corrected chi connectivity index (χ2v) is 6.06. The number of carbonyl (C=O) groups is 1. The number of nitrogens with zero attached hydrogens (tertiary/aromatic N) is 3. The molecule has 2 heterocycles. The van der Waals surface area contributed by atoms with Crippen LogP contribution in [-0.4, -0.2) is 27.3 Å². The van der Waals surface area contributed by atoms with E-state index in [1.54, 1.807) is 41.2 Å². The van der Waals surface area contributed by atoms with E-state index < -0.39 is 0 Å². The first-order chi connectivity index (χ1) is 13.7. The van der Waals surface area contributed by atoms with Crippen LogP contribution in [0, 0.1) is 5.82 Å². The first-order valence-electron chi connectivity index (χ1n) is 8.77. The number of fused-ring (bicyclic) bond motifs is 1. The van der Waals surface area contributed by atoms with Crippen molar-refractivity contribution in [2.75, 3.05) is 11.9 Å². The molecule has 0 unspecified atom stereocenters. The van der Waals surface area contributed by atoms with Crippen LogP contribution in [0.5, 0.6) is 5.75 Å². The monoisotopic (exact) mass is 376 g/mol. The van der Waals surface area contributed by atoms with E-state index in [0.29, 0.717) is 30.4 Å². The SMILES string of the molecule is O=C(Nc1ccccn1)c1nn(CCOc2ccc(F)cc2)c2ccccc12. The van der Waals surface area contributed by atoms with Gasteiger partial charge >= 0.3 is 0 Å². The molecule has 4 rings (SSSR count). The largest absolute Gasteiger partial charge is 0.492 e. The summed E-state index contributed by atoms with van der Waals surface area (Å²) in [5.74, 6) is 0.402. The highest BCUT2D eigenvalue weighted by atomic mass is 19.1. The third-order valence-corrected chi connectivity index (χ3v) is 4.16. The average Bonchev–Trinajstić information content (AvgIpc) is 3.09. The number of benzene rings is 2. The summed E-state index contributed by atoms with van der Waals surface area (Å²) in [7, 11) is 0. The predicted molar refractivity (Wildman–Crippen MR) is 104 cm³/mol. The van der Waals surface area contributed by atoms with Gasteiger partial charge in [0.1, 0.15) is 24.0 Å². The summed E-state index contributed by atoms with van der Waals surface area (Å²) in [5, 5.41) is 7.97. The summed E-state index contributed by atoms with van der Waals surface area (Å²) in [4.78, 5) is 16.8. The van der Waals surface area contributed by atoms with Gasteiger partial charge in [-0.1, -0.05) is 24.3 Å². The number of pyridine rings is 1. The number of carbonyl (C=O) groups excluding carboxylic acids is 1. The zero-order chi connectivity index (χ0) is 19.3. The number of anilines is 1. The first-order valence-corrected chi connectivity index (χ1v) is 8.77. The fourth-order valence-corrected chi connectivity index (χ4v) is 2.86. The third-order valence-electron chi connectivity index (χ3n) is 4.16. The van der Waals surface area contributed by atoms with Crippen LogP contribution < -0.4 is 10.1 Å². The van der Waals surface area contributed by atoms with Crippen molar-refractivity contribution in [3.63, 3.8) is 0 Å². The van der Waals surface area contributed by atoms with Crippen molar-refractivity contribution in [2.45, 2.75) is 6.54 Å². The molecule has 0 atom stereocenters. The quantitative estimate of drug-likeness (QED) is 0.554. The smallest absolute Gasteiger partial charge is 0.277 e. The van der Waals surface area contributed by atoms with E-state index in [0.717, 1.165) is 10.9 Å². The fourth-order valence-electron chi connectivity index (χ4n) is 2.86. The Morgan fingerprint density at radius 2 is 1.82 bits per heavy atom. The van der Waals surface area contributed by atoms with Gasteiger partial charge in [-0.25, -0.2) is 9.37 Å². The molecule has 7 heteroatoms. The van der Waals surface area contributed by atoms with Gasteiger partial charge in [0, 0.05) is 11.6 Å². The number of nitrogens with one attached hydrogen (secondary N) is 1. The highest BCUT2D eigenvalue weighted by Crippen LogP contribution is 2.20. The van der Waals surface area contributed by atoms with E-state index in [9.17, 15) is 9.18 Å². The van der Waals surface area contributed by atoms with Gasteiger partial charge in [0.05, 0.1) is 12.1 Å². The number of aromatic nitrogens is 3. The molecule has 0 aliphatic rings. The van der Waals surface area contributed by atoms with E-state index in [4.69, 9.17) is 4.74 Å². The number of hydrogen-bond donors (Lipinski definition) is 1. The molecule has 0 aliphatic carbocycles. The summed E-state index contributed by atoms with van der Waals surface area (Å²) in [5.41, 5.74) is 1.15. The normalized spacial score (nSPS) is 10.8. The number of ether oxygens (including phenoxy) is 1. The standard InChI is InChI=1S/C21H17FN4O2/c22-15-8-10-16(11-9-15)28-14-13-26-18-6-2-1-5-17(18)20(25-26)21(27)24-19-7-3-4-12-23-19/h1-12H,13-14H2,(H,23,24,27). The fraction of sp³-hybridized carbons (Fsp3) is 0.0952. The van der Waals surface area contributed by atoms with Crippen LogP contribution in [0.2, 0.25) is 0 Å². The number of para-hydroxylation sites is 1. The van der Waals surface area contributed by atoms with Crippen molar-refractivity contribution in [3.8, 4) is 5.75 Å². The molecule has 140 valence electrons. The molecule has 2 aromatic heterocycles. The summed E-state index contributed by atoms with van der Waals surface area (Å²) >= 11 is 0. The predicted octanol–water partition coefficient (Wildman–Crippen LogP) is 3.90. The molecule has 0 fully saturated rings. The maximum Gasteiger partial charge on any atom is 0.277 e. The Kier molecular flexibility index (Phi) is 4.97. The minimum atomic E-state index is -0.326. The molecule has 1 amide bonds. The molecule has 0 radical (unpaired) electrons. The molecule has 0 spiro atoms. The minimum absolute atomic E-state index is 0.311. The lowest BCUT2D eigenvalue weighted by atomic mass is 10.2.